The van der Waals surface area contributed by atoms with E-state index in [4.69, 9.17) is 4.74 Å². The minimum Gasteiger partial charge on any atom is -0.376 e. The smallest absolute Gasteiger partial charge is 0.241 e. The van der Waals surface area contributed by atoms with Gasteiger partial charge in [0.2, 0.25) is 15.9 Å². The Hall–Kier alpha value is -1.44. The maximum absolute atomic E-state index is 12.0. The summed E-state index contributed by atoms with van der Waals surface area (Å²) in [6, 6.07) is 6.46. The van der Waals surface area contributed by atoms with E-state index in [0.29, 0.717) is 6.54 Å². The van der Waals surface area contributed by atoms with Crippen LogP contribution in [0.5, 0.6) is 0 Å². The van der Waals surface area contributed by atoms with Crippen LogP contribution in [0.1, 0.15) is 18.4 Å². The highest BCUT2D eigenvalue weighted by Gasteiger charge is 2.18. The normalized spacial score (nSPS) is 18.6. The zero-order valence-electron chi connectivity index (χ0n) is 12.0. The van der Waals surface area contributed by atoms with E-state index in [-0.39, 0.29) is 23.5 Å². The largest absolute Gasteiger partial charge is 0.376 e. The molecule has 21 heavy (non-hydrogen) atoms. The van der Waals surface area contributed by atoms with Gasteiger partial charge in [-0.05, 0) is 31.9 Å². The minimum absolute atomic E-state index is 0.0441. The van der Waals surface area contributed by atoms with Crippen molar-refractivity contribution in [2.75, 3.05) is 19.7 Å². The van der Waals surface area contributed by atoms with E-state index >= 15 is 0 Å². The second kappa shape index (κ2) is 7.02. The van der Waals surface area contributed by atoms with Crippen LogP contribution >= 0.6 is 0 Å². The number of nitrogens with one attached hydrogen (secondary N) is 2. The predicted molar refractivity (Wildman–Crippen MR) is 78.4 cm³/mol. The fourth-order valence-electron chi connectivity index (χ4n) is 2.06. The fraction of sp³-hybridized carbons (Fsp3) is 0.500. The maximum Gasteiger partial charge on any atom is 0.241 e. The summed E-state index contributed by atoms with van der Waals surface area (Å²) in [7, 11) is -3.65. The number of benzene rings is 1. The Morgan fingerprint density at radius 1 is 1.33 bits per heavy atom. The van der Waals surface area contributed by atoms with Crippen molar-refractivity contribution in [2.45, 2.75) is 30.8 Å². The molecule has 2 rings (SSSR count). The Labute approximate surface area is 124 Å². The number of hydrogen-bond acceptors (Lipinski definition) is 4. The van der Waals surface area contributed by atoms with Crippen molar-refractivity contribution in [3.63, 3.8) is 0 Å². The number of amides is 1. The predicted octanol–water partition coefficient (Wildman–Crippen LogP) is 0.569. The standard InChI is InChI=1S/C14H20N2O4S/c1-11-4-6-13(7-5-11)21(18,19)16-10-14(17)15-9-12-3-2-8-20-12/h4-7,12,16H,2-3,8-10H2,1H3,(H,15,17). The molecule has 0 radical (unpaired) electrons. The molecule has 0 saturated carbocycles. The molecule has 1 aliphatic rings. The van der Waals surface area contributed by atoms with Gasteiger partial charge in [0.1, 0.15) is 0 Å². The highest BCUT2D eigenvalue weighted by Crippen LogP contribution is 2.11. The Morgan fingerprint density at radius 3 is 2.67 bits per heavy atom. The Kier molecular flexibility index (Phi) is 5.33. The summed E-state index contributed by atoms with van der Waals surface area (Å²) < 4.78 is 31.7. The van der Waals surface area contributed by atoms with Gasteiger partial charge in [-0.15, -0.1) is 0 Å². The summed E-state index contributed by atoms with van der Waals surface area (Å²) >= 11 is 0. The van der Waals surface area contributed by atoms with Crippen molar-refractivity contribution < 1.29 is 17.9 Å². The van der Waals surface area contributed by atoms with Crippen LogP contribution in [0.2, 0.25) is 0 Å². The first-order valence-electron chi connectivity index (χ1n) is 6.92. The zero-order valence-corrected chi connectivity index (χ0v) is 12.8. The topological polar surface area (TPSA) is 84.5 Å². The second-order valence-corrected chi connectivity index (χ2v) is 6.84. The van der Waals surface area contributed by atoms with E-state index in [1.54, 1.807) is 12.1 Å². The molecule has 1 heterocycles. The van der Waals surface area contributed by atoms with Crippen LogP contribution in [0.15, 0.2) is 29.2 Å². The number of sulfonamides is 1. The molecule has 1 aromatic carbocycles. The minimum atomic E-state index is -3.65. The Balaban J connectivity index is 1.80. The van der Waals surface area contributed by atoms with Crippen molar-refractivity contribution in [3.8, 4) is 0 Å². The number of aryl methyl sites for hydroxylation is 1. The molecule has 2 N–H and O–H groups in total. The number of carbonyl (C=O) groups is 1. The zero-order chi connectivity index (χ0) is 15.3. The molecule has 7 heteroatoms. The van der Waals surface area contributed by atoms with E-state index in [0.717, 1.165) is 25.0 Å². The number of hydrogen-bond donors (Lipinski definition) is 2. The quantitative estimate of drug-likeness (QED) is 0.804. The molecule has 116 valence electrons. The highest BCUT2D eigenvalue weighted by molar-refractivity contribution is 7.89. The van der Waals surface area contributed by atoms with Gasteiger partial charge in [0, 0.05) is 13.2 Å². The van der Waals surface area contributed by atoms with Crippen LogP contribution in [-0.4, -0.2) is 40.1 Å². The first-order valence-corrected chi connectivity index (χ1v) is 8.40. The second-order valence-electron chi connectivity index (χ2n) is 5.08. The molecule has 1 unspecified atom stereocenters. The van der Waals surface area contributed by atoms with Gasteiger partial charge in [0.05, 0.1) is 17.5 Å². The van der Waals surface area contributed by atoms with Gasteiger partial charge in [-0.3, -0.25) is 4.79 Å². The summed E-state index contributed by atoms with van der Waals surface area (Å²) in [5.41, 5.74) is 0.975. The first kappa shape index (κ1) is 15.9. The van der Waals surface area contributed by atoms with Crippen molar-refractivity contribution in [2.24, 2.45) is 0 Å². The molecule has 0 spiro atoms. The first-order chi connectivity index (χ1) is 9.97. The Morgan fingerprint density at radius 2 is 2.05 bits per heavy atom. The Bertz CT molecular complexity index is 577. The molecule has 6 nitrogen and oxygen atoms in total. The number of carbonyl (C=O) groups excluding carboxylic acids is 1. The van der Waals surface area contributed by atoms with Gasteiger partial charge in [-0.1, -0.05) is 17.7 Å². The molecular weight excluding hydrogens is 292 g/mol. The van der Waals surface area contributed by atoms with E-state index in [2.05, 4.69) is 10.0 Å². The lowest BCUT2D eigenvalue weighted by molar-refractivity contribution is -0.120. The average molecular weight is 312 g/mol. The van der Waals surface area contributed by atoms with Crippen molar-refractivity contribution >= 4 is 15.9 Å². The molecule has 0 bridgehead atoms. The summed E-state index contributed by atoms with van der Waals surface area (Å²) in [6.07, 6.45) is 1.97. The van der Waals surface area contributed by atoms with Crippen molar-refractivity contribution in [3.05, 3.63) is 29.8 Å². The molecule has 0 aromatic heterocycles. The number of rotatable bonds is 6. The van der Waals surface area contributed by atoms with E-state index < -0.39 is 10.0 Å². The monoisotopic (exact) mass is 312 g/mol. The maximum atomic E-state index is 12.0. The van der Waals surface area contributed by atoms with Crippen LogP contribution in [0.3, 0.4) is 0 Å². The van der Waals surface area contributed by atoms with E-state index in [9.17, 15) is 13.2 Å². The third-order valence-electron chi connectivity index (χ3n) is 3.30. The SMILES string of the molecule is Cc1ccc(S(=O)(=O)NCC(=O)NCC2CCCO2)cc1. The molecule has 1 aliphatic heterocycles. The molecule has 0 aliphatic carbocycles. The summed E-state index contributed by atoms with van der Waals surface area (Å²) in [5, 5.41) is 2.67. The summed E-state index contributed by atoms with van der Waals surface area (Å²) in [4.78, 5) is 11.8. The molecule has 1 amide bonds. The van der Waals surface area contributed by atoms with Crippen LogP contribution in [0, 0.1) is 6.92 Å². The van der Waals surface area contributed by atoms with Gasteiger partial charge in [0.25, 0.3) is 0 Å². The van der Waals surface area contributed by atoms with Gasteiger partial charge in [-0.2, -0.15) is 0 Å². The van der Waals surface area contributed by atoms with Gasteiger partial charge >= 0.3 is 0 Å². The van der Waals surface area contributed by atoms with E-state index in [1.165, 1.54) is 12.1 Å². The third-order valence-corrected chi connectivity index (χ3v) is 4.72. The highest BCUT2D eigenvalue weighted by atomic mass is 32.2. The van der Waals surface area contributed by atoms with Gasteiger partial charge < -0.3 is 10.1 Å². The molecule has 1 fully saturated rings. The lowest BCUT2D eigenvalue weighted by Crippen LogP contribution is -2.39. The molecular formula is C14H20N2O4S. The van der Waals surface area contributed by atoms with Crippen molar-refractivity contribution in [1.29, 1.82) is 0 Å². The summed E-state index contributed by atoms with van der Waals surface area (Å²) in [6.45, 7) is 2.75. The molecule has 1 atom stereocenters. The third kappa shape index (κ3) is 4.80. The van der Waals surface area contributed by atoms with E-state index in [1.807, 2.05) is 6.92 Å². The fourth-order valence-corrected chi connectivity index (χ4v) is 3.04. The molecule has 1 saturated heterocycles. The number of ether oxygens (including phenoxy) is 1. The lowest BCUT2D eigenvalue weighted by atomic mass is 10.2. The van der Waals surface area contributed by atoms with Crippen molar-refractivity contribution in [1.82, 2.24) is 10.0 Å². The summed E-state index contributed by atoms with van der Waals surface area (Å²) in [5.74, 6) is -0.360. The van der Waals surface area contributed by atoms with Crippen LogP contribution in [-0.2, 0) is 19.6 Å². The van der Waals surface area contributed by atoms with Gasteiger partial charge in [0.15, 0.2) is 0 Å². The average Bonchev–Trinajstić information content (AvgIpc) is 2.97. The van der Waals surface area contributed by atoms with Crippen LogP contribution in [0.4, 0.5) is 0 Å². The van der Waals surface area contributed by atoms with Crippen LogP contribution in [0.25, 0.3) is 0 Å². The molecule has 1 aromatic rings. The lowest BCUT2D eigenvalue weighted by Gasteiger charge is -2.11. The van der Waals surface area contributed by atoms with Crippen LogP contribution < -0.4 is 10.0 Å². The van der Waals surface area contributed by atoms with Gasteiger partial charge in [-0.25, -0.2) is 13.1 Å².